The van der Waals surface area contributed by atoms with Gasteiger partial charge in [-0.15, -0.1) is 28.6 Å². The molecule has 4 atom stereocenters. The molecule has 2 bridgehead atoms. The van der Waals surface area contributed by atoms with Gasteiger partial charge in [0.1, 0.15) is 0 Å². The van der Waals surface area contributed by atoms with Crippen molar-refractivity contribution < 1.29 is 9.53 Å². The summed E-state index contributed by atoms with van der Waals surface area (Å²) < 4.78 is 4.76. The number of rotatable bonds is 1. The molecule has 5 heteroatoms. The molecule has 14 heavy (non-hydrogen) atoms. The standard InChI is InChI=1S/C9H14ClNO2.BrH/c1-13-9(12)6-4-5-2-3-7(6)11-8(5)10;/h5-8,11H,2-4H2,1H3;1H. The van der Waals surface area contributed by atoms with Gasteiger partial charge in [-0.25, -0.2) is 0 Å². The van der Waals surface area contributed by atoms with E-state index in [-0.39, 0.29) is 40.4 Å². The molecule has 2 saturated heterocycles. The van der Waals surface area contributed by atoms with Gasteiger partial charge >= 0.3 is 5.97 Å². The predicted molar refractivity (Wildman–Crippen MR) is 59.7 cm³/mol. The molecule has 0 radical (unpaired) electrons. The molecule has 0 spiro atoms. The fourth-order valence-electron chi connectivity index (χ4n) is 2.42. The highest BCUT2D eigenvalue weighted by Gasteiger charge is 2.44. The third-order valence-corrected chi connectivity index (χ3v) is 3.66. The molecule has 2 heterocycles. The molecule has 1 N–H and O–H groups in total. The summed E-state index contributed by atoms with van der Waals surface area (Å²) >= 11 is 6.06. The predicted octanol–water partition coefficient (Wildman–Crippen LogP) is 1.69. The van der Waals surface area contributed by atoms with E-state index in [1.165, 1.54) is 7.11 Å². The molecular weight excluding hydrogens is 269 g/mol. The minimum Gasteiger partial charge on any atom is -0.469 e. The minimum atomic E-state index is -0.0919. The zero-order valence-electron chi connectivity index (χ0n) is 8.03. The van der Waals surface area contributed by atoms with Crippen LogP contribution in [0.25, 0.3) is 0 Å². The van der Waals surface area contributed by atoms with Crippen LogP contribution in [0.15, 0.2) is 0 Å². The molecule has 0 aromatic carbocycles. The van der Waals surface area contributed by atoms with Gasteiger partial charge in [-0.2, -0.15) is 0 Å². The zero-order valence-corrected chi connectivity index (χ0v) is 10.5. The van der Waals surface area contributed by atoms with Crippen LogP contribution in [0.1, 0.15) is 19.3 Å². The van der Waals surface area contributed by atoms with Gasteiger partial charge in [0.2, 0.25) is 0 Å². The van der Waals surface area contributed by atoms with Gasteiger partial charge in [0, 0.05) is 6.04 Å². The van der Waals surface area contributed by atoms with E-state index in [9.17, 15) is 4.79 Å². The van der Waals surface area contributed by atoms with Crippen LogP contribution in [0.2, 0.25) is 0 Å². The molecule has 1 saturated carbocycles. The lowest BCUT2D eigenvalue weighted by atomic mass is 9.74. The topological polar surface area (TPSA) is 38.3 Å². The van der Waals surface area contributed by atoms with Crippen LogP contribution < -0.4 is 5.32 Å². The number of alkyl halides is 1. The summed E-state index contributed by atoms with van der Waals surface area (Å²) in [5.74, 6) is 0.375. The van der Waals surface area contributed by atoms with Crippen LogP contribution in [0.3, 0.4) is 0 Å². The summed E-state index contributed by atoms with van der Waals surface area (Å²) in [6, 6.07) is 0.236. The first-order valence-electron chi connectivity index (χ1n) is 4.70. The van der Waals surface area contributed by atoms with Crippen molar-refractivity contribution in [2.45, 2.75) is 30.8 Å². The Kier molecular flexibility index (Phi) is 4.22. The van der Waals surface area contributed by atoms with Crippen LogP contribution in [0.5, 0.6) is 0 Å². The first-order valence-corrected chi connectivity index (χ1v) is 5.14. The molecule has 0 aromatic heterocycles. The Balaban J connectivity index is 0.000000980. The Labute approximate surface area is 99.3 Å². The Morgan fingerprint density at radius 3 is 2.64 bits per heavy atom. The van der Waals surface area contributed by atoms with Crippen molar-refractivity contribution in [3.8, 4) is 0 Å². The fraction of sp³-hybridized carbons (Fsp3) is 0.889. The molecule has 4 unspecified atom stereocenters. The number of nitrogens with one attached hydrogen (secondary N) is 1. The van der Waals surface area contributed by atoms with Gasteiger partial charge in [-0.3, -0.25) is 10.1 Å². The quantitative estimate of drug-likeness (QED) is 0.452. The number of carbonyl (C=O) groups excluding carboxylic acids is 1. The van der Waals surface area contributed by atoms with E-state index >= 15 is 0 Å². The summed E-state index contributed by atoms with van der Waals surface area (Å²) in [5, 5.41) is 3.25. The third kappa shape index (κ3) is 2.07. The summed E-state index contributed by atoms with van der Waals surface area (Å²) in [7, 11) is 1.45. The van der Waals surface area contributed by atoms with Crippen molar-refractivity contribution in [2.24, 2.45) is 11.8 Å². The normalized spacial score (nSPS) is 40.1. The van der Waals surface area contributed by atoms with E-state index in [0.717, 1.165) is 19.3 Å². The molecular formula is C9H15BrClNO2. The van der Waals surface area contributed by atoms with E-state index in [1.54, 1.807) is 0 Å². The number of hydrogen-bond acceptors (Lipinski definition) is 3. The van der Waals surface area contributed by atoms with Crippen LogP contribution in [0.4, 0.5) is 0 Å². The second kappa shape index (κ2) is 4.81. The molecule has 0 aromatic rings. The van der Waals surface area contributed by atoms with Crippen LogP contribution in [0, 0.1) is 11.8 Å². The largest absolute Gasteiger partial charge is 0.469 e. The van der Waals surface area contributed by atoms with Gasteiger partial charge in [-0.05, 0) is 25.2 Å². The van der Waals surface area contributed by atoms with Gasteiger partial charge in [0.25, 0.3) is 0 Å². The number of hydrogen-bond donors (Lipinski definition) is 1. The van der Waals surface area contributed by atoms with Gasteiger partial charge < -0.3 is 4.74 Å². The lowest BCUT2D eigenvalue weighted by molar-refractivity contribution is -0.149. The molecule has 3 fully saturated rings. The van der Waals surface area contributed by atoms with E-state index in [1.807, 2.05) is 0 Å². The number of fused-ring (bicyclic) bond motifs is 3. The molecule has 0 amide bonds. The van der Waals surface area contributed by atoms with E-state index in [4.69, 9.17) is 16.3 Å². The van der Waals surface area contributed by atoms with Crippen molar-refractivity contribution in [3.05, 3.63) is 0 Å². The molecule has 3 aliphatic rings. The molecule has 1 aliphatic carbocycles. The van der Waals surface area contributed by atoms with Crippen molar-refractivity contribution in [3.63, 3.8) is 0 Å². The summed E-state index contributed by atoms with van der Waals surface area (Å²) in [5.41, 5.74) is 0.0552. The highest BCUT2D eigenvalue weighted by atomic mass is 79.9. The molecule has 2 aliphatic heterocycles. The average molecular weight is 285 g/mol. The fourth-order valence-corrected chi connectivity index (χ4v) is 2.81. The van der Waals surface area contributed by atoms with Crippen LogP contribution in [-0.4, -0.2) is 24.6 Å². The first kappa shape index (κ1) is 12.3. The smallest absolute Gasteiger partial charge is 0.310 e. The highest BCUT2D eigenvalue weighted by Crippen LogP contribution is 2.38. The Morgan fingerprint density at radius 1 is 1.50 bits per heavy atom. The van der Waals surface area contributed by atoms with E-state index in [2.05, 4.69) is 5.32 Å². The van der Waals surface area contributed by atoms with Crippen molar-refractivity contribution >= 4 is 34.6 Å². The number of methoxy groups -OCH3 is 1. The van der Waals surface area contributed by atoms with Crippen molar-refractivity contribution in [1.82, 2.24) is 5.32 Å². The number of halogens is 2. The van der Waals surface area contributed by atoms with E-state index < -0.39 is 0 Å². The SMILES string of the molecule is Br.COC(=O)C1CC2CCC1NC2Cl. The highest BCUT2D eigenvalue weighted by molar-refractivity contribution is 8.93. The maximum Gasteiger partial charge on any atom is 0.310 e. The third-order valence-electron chi connectivity index (χ3n) is 3.18. The molecule has 3 nitrogen and oxygen atoms in total. The van der Waals surface area contributed by atoms with Gasteiger partial charge in [-0.1, -0.05) is 0 Å². The maximum absolute atomic E-state index is 11.4. The lowest BCUT2D eigenvalue weighted by Gasteiger charge is -2.44. The Hall–Kier alpha value is 0.200. The summed E-state index contributed by atoms with van der Waals surface area (Å²) in [6.45, 7) is 0. The van der Waals surface area contributed by atoms with E-state index in [0.29, 0.717) is 5.92 Å². The monoisotopic (exact) mass is 283 g/mol. The van der Waals surface area contributed by atoms with Crippen LogP contribution in [-0.2, 0) is 9.53 Å². The zero-order chi connectivity index (χ0) is 9.42. The average Bonchev–Trinajstić information content (AvgIpc) is 2.17. The molecule has 3 rings (SSSR count). The summed E-state index contributed by atoms with van der Waals surface area (Å²) in [4.78, 5) is 11.4. The van der Waals surface area contributed by atoms with Crippen LogP contribution >= 0.6 is 28.6 Å². The van der Waals surface area contributed by atoms with Crippen molar-refractivity contribution in [1.29, 1.82) is 0 Å². The van der Waals surface area contributed by atoms with Gasteiger partial charge in [0.05, 0.1) is 18.5 Å². The Bertz CT molecular complexity index is 227. The lowest BCUT2D eigenvalue weighted by Crippen LogP contribution is -2.56. The number of esters is 1. The second-order valence-corrected chi connectivity index (χ2v) is 4.35. The second-order valence-electron chi connectivity index (χ2n) is 3.88. The molecule has 82 valence electrons. The number of carbonyl (C=O) groups is 1. The summed E-state index contributed by atoms with van der Waals surface area (Å²) in [6.07, 6.45) is 3.07. The van der Waals surface area contributed by atoms with Crippen molar-refractivity contribution in [2.75, 3.05) is 7.11 Å². The first-order chi connectivity index (χ1) is 6.22. The number of ether oxygens (including phenoxy) is 1. The van der Waals surface area contributed by atoms with Gasteiger partial charge in [0.15, 0.2) is 0 Å². The Morgan fingerprint density at radius 2 is 2.21 bits per heavy atom. The number of piperidine rings is 2. The minimum absolute atomic E-state index is 0. The maximum atomic E-state index is 11.4.